The molecule has 2 rings (SSSR count). The Morgan fingerprint density at radius 1 is 1.22 bits per heavy atom. The highest BCUT2D eigenvalue weighted by atomic mass is 32.2. The number of imide groups is 1. The lowest BCUT2D eigenvalue weighted by Gasteiger charge is -2.07. The number of anilines is 1. The van der Waals surface area contributed by atoms with E-state index in [2.05, 4.69) is 10.6 Å². The lowest BCUT2D eigenvalue weighted by atomic mass is 10.3. The fourth-order valence-corrected chi connectivity index (χ4v) is 2.34. The summed E-state index contributed by atoms with van der Waals surface area (Å²) in [7, 11) is 0. The van der Waals surface area contributed by atoms with Gasteiger partial charge >= 0.3 is 12.0 Å². The van der Waals surface area contributed by atoms with Gasteiger partial charge in [0, 0.05) is 11.8 Å². The number of amides is 3. The summed E-state index contributed by atoms with van der Waals surface area (Å²) in [5.74, 6) is 0.271. The van der Waals surface area contributed by atoms with Crippen molar-refractivity contribution in [3.8, 4) is 11.5 Å². The molecule has 0 radical (unpaired) electrons. The van der Waals surface area contributed by atoms with E-state index in [9.17, 15) is 14.4 Å². The summed E-state index contributed by atoms with van der Waals surface area (Å²) >= 11 is 1.07. The van der Waals surface area contributed by atoms with Crippen molar-refractivity contribution in [2.75, 3.05) is 30.2 Å². The molecule has 1 aliphatic rings. The molecule has 0 spiro atoms. The first kappa shape index (κ1) is 16.9. The molecular formula is C14H16N2O6S. The summed E-state index contributed by atoms with van der Waals surface area (Å²) in [5.41, 5.74) is 0.471. The van der Waals surface area contributed by atoms with Gasteiger partial charge in [0.15, 0.2) is 11.5 Å². The second-order valence-electron chi connectivity index (χ2n) is 4.37. The molecule has 0 bridgehead atoms. The number of hydrogen-bond donors (Lipinski definition) is 2. The molecule has 0 saturated heterocycles. The molecule has 0 unspecified atom stereocenters. The van der Waals surface area contributed by atoms with E-state index in [1.165, 1.54) is 0 Å². The number of carbonyl (C=O) groups is 3. The van der Waals surface area contributed by atoms with Crippen LogP contribution in [0.1, 0.15) is 6.92 Å². The highest BCUT2D eigenvalue weighted by molar-refractivity contribution is 8.00. The Bertz CT molecular complexity index is 607. The number of esters is 1. The van der Waals surface area contributed by atoms with Crippen molar-refractivity contribution in [3.63, 3.8) is 0 Å². The van der Waals surface area contributed by atoms with Crippen LogP contribution in [-0.2, 0) is 14.3 Å². The second kappa shape index (κ2) is 8.28. The van der Waals surface area contributed by atoms with Crippen LogP contribution in [0.15, 0.2) is 18.2 Å². The zero-order valence-electron chi connectivity index (χ0n) is 12.4. The Kier molecular flexibility index (Phi) is 6.10. The summed E-state index contributed by atoms with van der Waals surface area (Å²) in [5, 5.41) is 4.68. The number of urea groups is 1. The van der Waals surface area contributed by atoms with Crippen LogP contribution in [0.25, 0.3) is 0 Å². The molecule has 23 heavy (non-hydrogen) atoms. The summed E-state index contributed by atoms with van der Waals surface area (Å²) in [4.78, 5) is 34.4. The third kappa shape index (κ3) is 5.37. The molecular weight excluding hydrogens is 324 g/mol. The molecule has 1 aromatic carbocycles. The fraction of sp³-hybridized carbons (Fsp3) is 0.357. The standard InChI is InChI=1S/C14H16N2O6S/c1-2-20-13(18)7-23-6-12(17)16-14(19)15-9-3-4-10-11(5-9)22-8-21-10/h3-5H,2,6-8H2,1H3,(H2,15,16,17,19). The Morgan fingerprint density at radius 2 is 2.00 bits per heavy atom. The van der Waals surface area contributed by atoms with Crippen molar-refractivity contribution >= 4 is 35.4 Å². The van der Waals surface area contributed by atoms with Gasteiger partial charge < -0.3 is 19.5 Å². The summed E-state index contributed by atoms with van der Waals surface area (Å²) < 4.78 is 15.1. The number of carbonyl (C=O) groups excluding carboxylic acids is 3. The van der Waals surface area contributed by atoms with E-state index in [0.717, 1.165) is 11.8 Å². The minimum absolute atomic E-state index is 0.0205. The number of fused-ring (bicyclic) bond motifs is 1. The average molecular weight is 340 g/mol. The predicted octanol–water partition coefficient (Wildman–Crippen LogP) is 1.36. The zero-order chi connectivity index (χ0) is 16.7. The maximum absolute atomic E-state index is 11.7. The van der Waals surface area contributed by atoms with Gasteiger partial charge in [-0.3, -0.25) is 14.9 Å². The van der Waals surface area contributed by atoms with Crippen LogP contribution in [0.4, 0.5) is 10.5 Å². The van der Waals surface area contributed by atoms with Crippen LogP contribution < -0.4 is 20.1 Å². The molecule has 124 valence electrons. The van der Waals surface area contributed by atoms with E-state index in [1.54, 1.807) is 25.1 Å². The molecule has 2 N–H and O–H groups in total. The summed E-state index contributed by atoms with van der Waals surface area (Å²) in [6.07, 6.45) is 0. The molecule has 3 amide bonds. The van der Waals surface area contributed by atoms with E-state index in [4.69, 9.17) is 14.2 Å². The minimum Gasteiger partial charge on any atom is -0.465 e. The van der Waals surface area contributed by atoms with Gasteiger partial charge in [0.1, 0.15) is 0 Å². The predicted molar refractivity (Wildman–Crippen MR) is 83.7 cm³/mol. The van der Waals surface area contributed by atoms with Crippen LogP contribution >= 0.6 is 11.8 Å². The first-order valence-corrected chi connectivity index (χ1v) is 7.98. The lowest BCUT2D eigenvalue weighted by Crippen LogP contribution is -2.35. The molecule has 1 heterocycles. The first-order chi connectivity index (χ1) is 11.1. The van der Waals surface area contributed by atoms with Crippen LogP contribution in [0.5, 0.6) is 11.5 Å². The number of nitrogens with one attached hydrogen (secondary N) is 2. The summed E-state index contributed by atoms with van der Waals surface area (Å²) in [6.45, 7) is 2.14. The second-order valence-corrected chi connectivity index (χ2v) is 5.35. The van der Waals surface area contributed by atoms with E-state index < -0.39 is 17.9 Å². The smallest absolute Gasteiger partial charge is 0.325 e. The van der Waals surface area contributed by atoms with Crippen molar-refractivity contribution in [2.45, 2.75) is 6.92 Å². The van der Waals surface area contributed by atoms with Crippen LogP contribution in [-0.4, -0.2) is 42.8 Å². The lowest BCUT2D eigenvalue weighted by molar-refractivity contribution is -0.139. The highest BCUT2D eigenvalue weighted by Gasteiger charge is 2.15. The van der Waals surface area contributed by atoms with Gasteiger partial charge in [0.2, 0.25) is 12.7 Å². The number of hydrogen-bond acceptors (Lipinski definition) is 7. The van der Waals surface area contributed by atoms with Gasteiger partial charge in [0.25, 0.3) is 0 Å². The van der Waals surface area contributed by atoms with Gasteiger partial charge in [-0.1, -0.05) is 0 Å². The number of thioether (sulfide) groups is 1. The Balaban J connectivity index is 1.72. The van der Waals surface area contributed by atoms with E-state index in [-0.39, 0.29) is 18.3 Å². The van der Waals surface area contributed by atoms with Crippen molar-refractivity contribution in [2.24, 2.45) is 0 Å². The van der Waals surface area contributed by atoms with E-state index in [1.807, 2.05) is 0 Å². The largest absolute Gasteiger partial charge is 0.465 e. The zero-order valence-corrected chi connectivity index (χ0v) is 13.2. The van der Waals surface area contributed by atoms with Gasteiger partial charge in [-0.25, -0.2) is 4.79 Å². The van der Waals surface area contributed by atoms with Crippen molar-refractivity contribution in [3.05, 3.63) is 18.2 Å². The van der Waals surface area contributed by atoms with Gasteiger partial charge in [0.05, 0.1) is 18.1 Å². The van der Waals surface area contributed by atoms with Gasteiger partial charge in [-0.15, -0.1) is 11.8 Å². The number of ether oxygens (including phenoxy) is 3. The third-order valence-corrected chi connectivity index (χ3v) is 3.55. The Hall–Kier alpha value is -2.42. The minimum atomic E-state index is -0.661. The van der Waals surface area contributed by atoms with Gasteiger partial charge in [-0.05, 0) is 19.1 Å². The number of benzene rings is 1. The van der Waals surface area contributed by atoms with Crippen molar-refractivity contribution in [1.29, 1.82) is 0 Å². The van der Waals surface area contributed by atoms with Crippen LogP contribution in [0, 0.1) is 0 Å². The van der Waals surface area contributed by atoms with E-state index in [0.29, 0.717) is 23.8 Å². The Morgan fingerprint density at radius 3 is 2.78 bits per heavy atom. The van der Waals surface area contributed by atoms with Crippen molar-refractivity contribution in [1.82, 2.24) is 5.32 Å². The first-order valence-electron chi connectivity index (χ1n) is 6.82. The molecule has 0 saturated carbocycles. The molecule has 0 fully saturated rings. The molecule has 0 atom stereocenters. The molecule has 1 aromatic rings. The average Bonchev–Trinajstić information content (AvgIpc) is 2.94. The Labute approximate surface area is 136 Å². The SMILES string of the molecule is CCOC(=O)CSCC(=O)NC(=O)Nc1ccc2c(c1)OCO2. The normalized spacial score (nSPS) is 11.7. The highest BCUT2D eigenvalue weighted by Crippen LogP contribution is 2.34. The third-order valence-electron chi connectivity index (χ3n) is 2.64. The molecule has 1 aliphatic heterocycles. The maximum atomic E-state index is 11.7. The van der Waals surface area contributed by atoms with Crippen molar-refractivity contribution < 1.29 is 28.6 Å². The topological polar surface area (TPSA) is 103 Å². The quantitative estimate of drug-likeness (QED) is 0.754. The fourth-order valence-electron chi connectivity index (χ4n) is 1.73. The number of rotatable bonds is 6. The molecule has 0 aliphatic carbocycles. The maximum Gasteiger partial charge on any atom is 0.325 e. The summed E-state index contributed by atoms with van der Waals surface area (Å²) in [6, 6.07) is 4.23. The monoisotopic (exact) mass is 340 g/mol. The van der Waals surface area contributed by atoms with Crippen LogP contribution in [0.3, 0.4) is 0 Å². The van der Waals surface area contributed by atoms with Crippen LogP contribution in [0.2, 0.25) is 0 Å². The molecule has 0 aromatic heterocycles. The van der Waals surface area contributed by atoms with Gasteiger partial charge in [-0.2, -0.15) is 0 Å². The molecule has 9 heteroatoms. The molecule has 8 nitrogen and oxygen atoms in total. The van der Waals surface area contributed by atoms with E-state index >= 15 is 0 Å².